The van der Waals surface area contributed by atoms with Crippen LogP contribution in [0, 0.1) is 0 Å². The molecule has 1 aromatic heterocycles. The molecule has 4 rings (SSSR count). The van der Waals surface area contributed by atoms with Gasteiger partial charge in [0.1, 0.15) is 18.1 Å². The summed E-state index contributed by atoms with van der Waals surface area (Å²) in [6, 6.07) is 15.4. The zero-order valence-electron chi connectivity index (χ0n) is 18.5. The number of piperidine rings is 1. The predicted octanol–water partition coefficient (Wildman–Crippen LogP) is 2.96. The van der Waals surface area contributed by atoms with E-state index in [1.54, 1.807) is 7.11 Å². The van der Waals surface area contributed by atoms with E-state index in [1.165, 1.54) is 6.42 Å². The number of imidazole rings is 1. The van der Waals surface area contributed by atoms with Crippen LogP contribution in [-0.2, 0) is 29.0 Å². The monoisotopic (exact) mass is 434 g/mol. The lowest BCUT2D eigenvalue weighted by Gasteiger charge is -2.27. The van der Waals surface area contributed by atoms with Crippen molar-refractivity contribution in [1.29, 1.82) is 0 Å². The second-order valence-corrected chi connectivity index (χ2v) is 8.17. The van der Waals surface area contributed by atoms with Crippen LogP contribution in [0.5, 0.6) is 5.75 Å². The quantitative estimate of drug-likeness (QED) is 0.591. The molecule has 2 amide bonds. The van der Waals surface area contributed by atoms with E-state index in [4.69, 9.17) is 9.72 Å². The molecule has 1 fully saturated rings. The van der Waals surface area contributed by atoms with Gasteiger partial charge in [-0.25, -0.2) is 4.98 Å². The molecule has 0 atom stereocenters. The normalized spacial score (nSPS) is 13.8. The van der Waals surface area contributed by atoms with Crippen molar-refractivity contribution in [3.05, 3.63) is 59.9 Å². The first kappa shape index (κ1) is 21.9. The maximum Gasteiger partial charge on any atom is 0.242 e. The van der Waals surface area contributed by atoms with Crippen LogP contribution in [0.3, 0.4) is 0 Å². The molecule has 32 heavy (non-hydrogen) atoms. The number of benzene rings is 2. The Morgan fingerprint density at radius 1 is 1.03 bits per heavy atom. The molecule has 3 aromatic rings. The first-order valence-corrected chi connectivity index (χ1v) is 11.3. The molecular formula is C25H30N4O3. The molecule has 1 saturated heterocycles. The summed E-state index contributed by atoms with van der Waals surface area (Å²) in [6.07, 6.45) is 4.22. The van der Waals surface area contributed by atoms with Crippen LogP contribution in [0.2, 0.25) is 0 Å². The number of amides is 2. The summed E-state index contributed by atoms with van der Waals surface area (Å²) in [5.41, 5.74) is 2.76. The fourth-order valence-corrected chi connectivity index (χ4v) is 4.18. The van der Waals surface area contributed by atoms with Gasteiger partial charge in [0.2, 0.25) is 11.8 Å². The molecule has 1 aliphatic rings. The molecule has 7 nitrogen and oxygen atoms in total. The third kappa shape index (κ3) is 5.28. The minimum atomic E-state index is -0.0396. The van der Waals surface area contributed by atoms with E-state index >= 15 is 0 Å². The molecule has 1 N–H and O–H groups in total. The average molecular weight is 435 g/mol. The Balaban J connectivity index is 1.39. The first-order valence-electron chi connectivity index (χ1n) is 11.3. The number of aromatic nitrogens is 2. The zero-order valence-corrected chi connectivity index (χ0v) is 18.5. The van der Waals surface area contributed by atoms with Gasteiger partial charge in [0.05, 0.1) is 24.6 Å². The summed E-state index contributed by atoms with van der Waals surface area (Å²) in [4.78, 5) is 32.0. The van der Waals surface area contributed by atoms with E-state index in [0.717, 1.165) is 54.1 Å². The summed E-state index contributed by atoms with van der Waals surface area (Å²) in [6.45, 7) is 2.43. The number of likely N-dealkylation sites (tertiary alicyclic amines) is 1. The molecule has 7 heteroatoms. The number of carbonyl (C=O) groups excluding carboxylic acids is 2. The maximum atomic E-state index is 12.9. The Kier molecular flexibility index (Phi) is 7.04. The van der Waals surface area contributed by atoms with Crippen molar-refractivity contribution in [2.75, 3.05) is 26.7 Å². The molecule has 0 saturated carbocycles. The summed E-state index contributed by atoms with van der Waals surface area (Å²) in [5, 5.41) is 2.98. The Morgan fingerprint density at radius 2 is 1.78 bits per heavy atom. The topological polar surface area (TPSA) is 76.5 Å². The SMILES string of the molecule is COc1ccc(CC(=O)NCCc2nc3ccccc3n2CC(=O)N2CCCCC2)cc1. The second kappa shape index (κ2) is 10.3. The zero-order chi connectivity index (χ0) is 22.3. The van der Waals surface area contributed by atoms with E-state index < -0.39 is 0 Å². The molecule has 0 unspecified atom stereocenters. The van der Waals surface area contributed by atoms with E-state index in [9.17, 15) is 9.59 Å². The van der Waals surface area contributed by atoms with Crippen molar-refractivity contribution in [3.8, 4) is 5.75 Å². The number of hydrogen-bond acceptors (Lipinski definition) is 4. The van der Waals surface area contributed by atoms with Crippen molar-refractivity contribution in [1.82, 2.24) is 19.8 Å². The summed E-state index contributed by atoms with van der Waals surface area (Å²) in [7, 11) is 1.62. The van der Waals surface area contributed by atoms with Gasteiger partial charge >= 0.3 is 0 Å². The van der Waals surface area contributed by atoms with Crippen LogP contribution in [0.4, 0.5) is 0 Å². The summed E-state index contributed by atoms with van der Waals surface area (Å²) >= 11 is 0. The molecule has 0 spiro atoms. The van der Waals surface area contributed by atoms with E-state index in [1.807, 2.05) is 58.0 Å². The Bertz CT molecular complexity index is 1070. The lowest BCUT2D eigenvalue weighted by atomic mass is 10.1. The van der Waals surface area contributed by atoms with E-state index in [-0.39, 0.29) is 18.4 Å². The summed E-state index contributed by atoms with van der Waals surface area (Å²) < 4.78 is 7.16. The number of rotatable bonds is 8. The van der Waals surface area contributed by atoms with Gasteiger partial charge in [-0.05, 0) is 49.1 Å². The van der Waals surface area contributed by atoms with Crippen LogP contribution in [0.1, 0.15) is 30.7 Å². The van der Waals surface area contributed by atoms with E-state index in [0.29, 0.717) is 19.4 Å². The third-order valence-electron chi connectivity index (χ3n) is 5.93. The highest BCUT2D eigenvalue weighted by Gasteiger charge is 2.20. The fourth-order valence-electron chi connectivity index (χ4n) is 4.18. The van der Waals surface area contributed by atoms with Crippen LogP contribution < -0.4 is 10.1 Å². The van der Waals surface area contributed by atoms with Crippen molar-refractivity contribution in [2.24, 2.45) is 0 Å². The smallest absolute Gasteiger partial charge is 0.242 e. The molecule has 0 aliphatic carbocycles. The van der Waals surface area contributed by atoms with Crippen molar-refractivity contribution in [2.45, 2.75) is 38.6 Å². The van der Waals surface area contributed by atoms with Crippen LogP contribution in [0.15, 0.2) is 48.5 Å². The van der Waals surface area contributed by atoms with Gasteiger partial charge < -0.3 is 19.5 Å². The van der Waals surface area contributed by atoms with Crippen LogP contribution >= 0.6 is 0 Å². The van der Waals surface area contributed by atoms with Crippen LogP contribution in [0.25, 0.3) is 11.0 Å². The lowest BCUT2D eigenvalue weighted by molar-refractivity contribution is -0.132. The van der Waals surface area contributed by atoms with Gasteiger partial charge in [0, 0.05) is 26.1 Å². The molecule has 2 heterocycles. The minimum absolute atomic E-state index is 0.0396. The second-order valence-electron chi connectivity index (χ2n) is 8.17. The van der Waals surface area contributed by atoms with Crippen molar-refractivity contribution >= 4 is 22.8 Å². The number of methoxy groups -OCH3 is 1. The largest absolute Gasteiger partial charge is 0.497 e. The molecule has 168 valence electrons. The average Bonchev–Trinajstić information content (AvgIpc) is 3.17. The Morgan fingerprint density at radius 3 is 2.53 bits per heavy atom. The molecule has 0 bridgehead atoms. The Labute approximate surface area is 188 Å². The Hall–Kier alpha value is -3.35. The van der Waals surface area contributed by atoms with Crippen molar-refractivity contribution < 1.29 is 14.3 Å². The van der Waals surface area contributed by atoms with Gasteiger partial charge in [0.25, 0.3) is 0 Å². The first-order chi connectivity index (χ1) is 15.6. The minimum Gasteiger partial charge on any atom is -0.497 e. The van der Waals surface area contributed by atoms with E-state index in [2.05, 4.69) is 5.32 Å². The number of para-hydroxylation sites is 2. The molecule has 1 aliphatic heterocycles. The predicted molar refractivity (Wildman–Crippen MR) is 124 cm³/mol. The van der Waals surface area contributed by atoms with Gasteiger partial charge in [-0.1, -0.05) is 24.3 Å². The van der Waals surface area contributed by atoms with Crippen molar-refractivity contribution in [3.63, 3.8) is 0 Å². The fraction of sp³-hybridized carbons (Fsp3) is 0.400. The highest BCUT2D eigenvalue weighted by molar-refractivity contribution is 5.81. The molecule has 2 aromatic carbocycles. The number of nitrogens with zero attached hydrogens (tertiary/aromatic N) is 3. The standard InChI is InChI=1S/C25H30N4O3/c1-32-20-11-9-19(10-12-20)17-24(30)26-14-13-23-27-21-7-3-4-8-22(21)29(23)18-25(31)28-15-5-2-6-16-28/h3-4,7-12H,2,5-6,13-18H2,1H3,(H,26,30). The lowest BCUT2D eigenvalue weighted by Crippen LogP contribution is -2.38. The van der Waals surface area contributed by atoms with Gasteiger partial charge in [-0.3, -0.25) is 9.59 Å². The molecule has 0 radical (unpaired) electrons. The van der Waals surface area contributed by atoms with Gasteiger partial charge in [0.15, 0.2) is 0 Å². The maximum absolute atomic E-state index is 12.9. The third-order valence-corrected chi connectivity index (χ3v) is 5.93. The number of nitrogens with one attached hydrogen (secondary N) is 1. The highest BCUT2D eigenvalue weighted by Crippen LogP contribution is 2.18. The highest BCUT2D eigenvalue weighted by atomic mass is 16.5. The number of hydrogen-bond donors (Lipinski definition) is 1. The number of carbonyl (C=O) groups is 2. The van der Waals surface area contributed by atoms with Gasteiger partial charge in [-0.2, -0.15) is 0 Å². The number of fused-ring (bicyclic) bond motifs is 1. The number of ether oxygens (including phenoxy) is 1. The molecular weight excluding hydrogens is 404 g/mol. The van der Waals surface area contributed by atoms with Crippen LogP contribution in [-0.4, -0.2) is 53.0 Å². The summed E-state index contributed by atoms with van der Waals surface area (Å²) in [5.74, 6) is 1.69. The van der Waals surface area contributed by atoms with Gasteiger partial charge in [-0.15, -0.1) is 0 Å².